The fourth-order valence-electron chi connectivity index (χ4n) is 2.30. The van der Waals surface area contributed by atoms with E-state index in [-0.39, 0.29) is 36.5 Å². The van der Waals surface area contributed by atoms with Gasteiger partial charge in [0, 0.05) is 25.7 Å². The fourth-order valence-corrected chi connectivity index (χ4v) is 2.30. The second kappa shape index (κ2) is 7.69. The molecule has 1 N–H and O–H groups in total. The van der Waals surface area contributed by atoms with Crippen LogP contribution < -0.4 is 10.1 Å². The number of hydrogen-bond acceptors (Lipinski definition) is 3. The molecule has 1 heterocycles. The van der Waals surface area contributed by atoms with E-state index >= 15 is 0 Å². The number of nitrogens with one attached hydrogen (secondary N) is 1. The number of piperazine rings is 1. The maximum absolute atomic E-state index is 12.2. The third-order valence-electron chi connectivity index (χ3n) is 3.33. The summed E-state index contributed by atoms with van der Waals surface area (Å²) in [5.41, 5.74) is 0.667. The lowest BCUT2D eigenvalue weighted by Crippen LogP contribution is -2.52. The Morgan fingerprint density at radius 2 is 2.00 bits per heavy atom. The van der Waals surface area contributed by atoms with Crippen molar-refractivity contribution in [1.82, 2.24) is 10.2 Å². The second-order valence-corrected chi connectivity index (χ2v) is 5.01. The molecule has 0 bridgehead atoms. The molecule has 0 unspecified atom stereocenters. The number of halogens is 4. The lowest BCUT2D eigenvalue weighted by atomic mass is 10.1. The van der Waals surface area contributed by atoms with Gasteiger partial charge in [-0.25, -0.2) is 0 Å². The molecule has 0 spiro atoms. The summed E-state index contributed by atoms with van der Waals surface area (Å²) in [4.78, 5) is 14.0. The van der Waals surface area contributed by atoms with Gasteiger partial charge in [-0.3, -0.25) is 4.79 Å². The van der Waals surface area contributed by atoms with Gasteiger partial charge in [-0.05, 0) is 24.6 Å². The Morgan fingerprint density at radius 3 is 2.55 bits per heavy atom. The maximum Gasteiger partial charge on any atom is 0.573 e. The highest BCUT2D eigenvalue weighted by Crippen LogP contribution is 2.23. The molecular weight excluding hydrogens is 321 g/mol. The van der Waals surface area contributed by atoms with Crippen molar-refractivity contribution in [3.63, 3.8) is 0 Å². The van der Waals surface area contributed by atoms with Crippen LogP contribution in [0, 0.1) is 0 Å². The lowest BCUT2D eigenvalue weighted by Gasteiger charge is -2.34. The largest absolute Gasteiger partial charge is 0.573 e. The van der Waals surface area contributed by atoms with E-state index in [1.807, 2.05) is 6.92 Å². The molecule has 1 saturated heterocycles. The molecule has 8 heteroatoms. The zero-order valence-electron chi connectivity index (χ0n) is 12.0. The third-order valence-corrected chi connectivity index (χ3v) is 3.33. The average Bonchev–Trinajstić information content (AvgIpc) is 2.40. The van der Waals surface area contributed by atoms with Gasteiger partial charge in [0.25, 0.3) is 0 Å². The smallest absolute Gasteiger partial charge is 0.406 e. The van der Waals surface area contributed by atoms with E-state index in [0.29, 0.717) is 12.1 Å². The van der Waals surface area contributed by atoms with Gasteiger partial charge in [0.15, 0.2) is 0 Å². The number of benzene rings is 1. The van der Waals surface area contributed by atoms with Gasteiger partial charge in [-0.1, -0.05) is 12.1 Å². The number of nitrogens with zero attached hydrogens (tertiary/aromatic N) is 1. The Morgan fingerprint density at radius 1 is 1.36 bits per heavy atom. The van der Waals surface area contributed by atoms with Gasteiger partial charge in [-0.2, -0.15) is 0 Å². The number of hydrogen-bond donors (Lipinski definition) is 1. The van der Waals surface area contributed by atoms with Crippen molar-refractivity contribution in [3.8, 4) is 5.75 Å². The number of ether oxygens (including phenoxy) is 1. The molecule has 2 rings (SSSR count). The van der Waals surface area contributed by atoms with Crippen LogP contribution in [0.5, 0.6) is 5.75 Å². The summed E-state index contributed by atoms with van der Waals surface area (Å²) < 4.78 is 39.9. The molecule has 1 aromatic carbocycles. The van der Waals surface area contributed by atoms with Gasteiger partial charge < -0.3 is 15.0 Å². The molecule has 0 aliphatic carbocycles. The van der Waals surface area contributed by atoms with E-state index in [9.17, 15) is 18.0 Å². The zero-order valence-corrected chi connectivity index (χ0v) is 12.8. The maximum atomic E-state index is 12.2. The number of rotatable bonds is 3. The molecule has 4 nitrogen and oxygen atoms in total. The molecule has 1 aromatic rings. The van der Waals surface area contributed by atoms with Crippen molar-refractivity contribution in [2.45, 2.75) is 25.7 Å². The normalized spacial score (nSPS) is 18.5. The Labute approximate surface area is 133 Å². The van der Waals surface area contributed by atoms with Crippen molar-refractivity contribution >= 4 is 18.3 Å². The van der Waals surface area contributed by atoms with Gasteiger partial charge in [0.2, 0.25) is 5.91 Å². The Kier molecular flexibility index (Phi) is 6.49. The molecule has 124 valence electrons. The summed E-state index contributed by atoms with van der Waals surface area (Å²) in [5, 5.41) is 3.20. The summed E-state index contributed by atoms with van der Waals surface area (Å²) in [7, 11) is 0. The molecule has 1 atom stereocenters. The first-order valence-electron chi connectivity index (χ1n) is 6.70. The molecule has 0 radical (unpaired) electrons. The monoisotopic (exact) mass is 338 g/mol. The van der Waals surface area contributed by atoms with Crippen LogP contribution in [0.3, 0.4) is 0 Å². The predicted molar refractivity (Wildman–Crippen MR) is 78.1 cm³/mol. The molecule has 1 aliphatic heterocycles. The van der Waals surface area contributed by atoms with Crippen molar-refractivity contribution in [2.24, 2.45) is 0 Å². The van der Waals surface area contributed by atoms with E-state index in [2.05, 4.69) is 10.1 Å². The van der Waals surface area contributed by atoms with Crippen LogP contribution in [0.4, 0.5) is 13.2 Å². The van der Waals surface area contributed by atoms with Crippen LogP contribution >= 0.6 is 12.4 Å². The minimum Gasteiger partial charge on any atom is -0.406 e. The van der Waals surface area contributed by atoms with Gasteiger partial charge in [-0.15, -0.1) is 25.6 Å². The molecule has 1 amide bonds. The quantitative estimate of drug-likeness (QED) is 0.920. The molecule has 0 aromatic heterocycles. The van der Waals surface area contributed by atoms with Crippen LogP contribution in [-0.2, 0) is 11.2 Å². The van der Waals surface area contributed by atoms with Crippen LogP contribution in [-0.4, -0.2) is 42.8 Å². The highest BCUT2D eigenvalue weighted by molar-refractivity contribution is 5.85. The molecular formula is C14H18ClF3N2O2. The summed E-state index contributed by atoms with van der Waals surface area (Å²) >= 11 is 0. The third kappa shape index (κ3) is 5.38. The highest BCUT2D eigenvalue weighted by Gasteiger charge is 2.31. The molecule has 22 heavy (non-hydrogen) atoms. The number of carbonyl (C=O) groups is 1. The minimum absolute atomic E-state index is 0. The van der Waals surface area contributed by atoms with Crippen LogP contribution in [0.15, 0.2) is 24.3 Å². The predicted octanol–water partition coefficient (Wildman–Crippen LogP) is 2.37. The van der Waals surface area contributed by atoms with E-state index in [4.69, 9.17) is 0 Å². The standard InChI is InChI=1S/C14H17F3N2O2.ClH/c1-10-9-18-6-7-19(10)13(20)8-11-2-4-12(5-3-11)21-14(15,16)17;/h2-5,10,18H,6-9H2,1H3;1H/t10-;/m0./s1. The second-order valence-electron chi connectivity index (χ2n) is 5.01. The van der Waals surface area contributed by atoms with Crippen LogP contribution in [0.1, 0.15) is 12.5 Å². The van der Waals surface area contributed by atoms with E-state index < -0.39 is 6.36 Å². The van der Waals surface area contributed by atoms with E-state index in [1.165, 1.54) is 24.3 Å². The number of carbonyl (C=O) groups excluding carboxylic acids is 1. The fraction of sp³-hybridized carbons (Fsp3) is 0.500. The van der Waals surface area contributed by atoms with Crippen molar-refractivity contribution < 1.29 is 22.7 Å². The Balaban J connectivity index is 0.00000242. The van der Waals surface area contributed by atoms with Crippen molar-refractivity contribution in [1.29, 1.82) is 0 Å². The first-order chi connectivity index (χ1) is 9.85. The van der Waals surface area contributed by atoms with Crippen LogP contribution in [0.25, 0.3) is 0 Å². The van der Waals surface area contributed by atoms with Crippen molar-refractivity contribution in [2.75, 3.05) is 19.6 Å². The lowest BCUT2D eigenvalue weighted by molar-refractivity contribution is -0.274. The zero-order chi connectivity index (χ0) is 15.5. The van der Waals surface area contributed by atoms with E-state index in [1.54, 1.807) is 4.90 Å². The first-order valence-corrected chi connectivity index (χ1v) is 6.70. The molecule has 1 aliphatic rings. The van der Waals surface area contributed by atoms with Crippen LogP contribution in [0.2, 0.25) is 0 Å². The average molecular weight is 339 g/mol. The van der Waals surface area contributed by atoms with Gasteiger partial charge in [0.05, 0.1) is 6.42 Å². The summed E-state index contributed by atoms with van der Waals surface area (Å²) in [6.45, 7) is 4.12. The number of amides is 1. The summed E-state index contributed by atoms with van der Waals surface area (Å²) in [6, 6.07) is 5.52. The SMILES string of the molecule is C[C@H]1CNCCN1C(=O)Cc1ccc(OC(F)(F)F)cc1.Cl. The van der Waals surface area contributed by atoms with E-state index in [0.717, 1.165) is 13.1 Å². The Hall–Kier alpha value is -1.47. The Bertz CT molecular complexity index is 494. The molecule has 1 fully saturated rings. The highest BCUT2D eigenvalue weighted by atomic mass is 35.5. The summed E-state index contributed by atoms with van der Waals surface area (Å²) in [6.07, 6.45) is -4.52. The van der Waals surface area contributed by atoms with Gasteiger partial charge in [0.1, 0.15) is 5.75 Å². The topological polar surface area (TPSA) is 41.6 Å². The van der Waals surface area contributed by atoms with Gasteiger partial charge >= 0.3 is 6.36 Å². The first kappa shape index (κ1) is 18.6. The summed E-state index contributed by atoms with van der Waals surface area (Å²) in [5.74, 6) is -0.303. The van der Waals surface area contributed by atoms with Crippen molar-refractivity contribution in [3.05, 3.63) is 29.8 Å². The molecule has 0 saturated carbocycles. The number of alkyl halides is 3. The minimum atomic E-state index is -4.70.